The number of ether oxygens (including phenoxy) is 2. The number of nitrogens with one attached hydrogen (secondary N) is 2. The molecule has 0 amide bonds. The maximum absolute atomic E-state index is 13.1. The third-order valence-corrected chi connectivity index (χ3v) is 7.96. The molecule has 0 saturated carbocycles. The third kappa shape index (κ3) is 8.32. The van der Waals surface area contributed by atoms with Crippen LogP contribution >= 0.6 is 0 Å². The Morgan fingerprint density at radius 2 is 1.79 bits per heavy atom. The second kappa shape index (κ2) is 12.8. The highest BCUT2D eigenvalue weighted by molar-refractivity contribution is 7.92. The maximum atomic E-state index is 13.1. The van der Waals surface area contributed by atoms with Gasteiger partial charge in [-0.05, 0) is 62.2 Å². The van der Waals surface area contributed by atoms with Crippen molar-refractivity contribution >= 4 is 39.2 Å². The molecule has 4 aromatic rings. The van der Waals surface area contributed by atoms with E-state index in [0.29, 0.717) is 30.7 Å². The molecule has 1 aromatic heterocycles. The number of anilines is 1. The molecule has 0 unspecified atom stereocenters. The number of sulfonamides is 1. The van der Waals surface area contributed by atoms with E-state index in [2.05, 4.69) is 15.0 Å². The Morgan fingerprint density at radius 1 is 1.05 bits per heavy atom. The molecule has 14 heteroatoms. The minimum absolute atomic E-state index is 0.00396. The molecule has 0 aliphatic rings. The zero-order chi connectivity index (χ0) is 31.3. The van der Waals surface area contributed by atoms with Crippen molar-refractivity contribution in [3.05, 3.63) is 84.7 Å². The fraction of sp³-hybridized carbons (Fsp3) is 0.276. The van der Waals surface area contributed by atoms with E-state index in [9.17, 15) is 31.2 Å². The number of aromatic nitrogens is 2. The van der Waals surface area contributed by atoms with Crippen LogP contribution in [0.5, 0.6) is 5.75 Å². The van der Waals surface area contributed by atoms with Crippen molar-refractivity contribution in [3.8, 4) is 5.75 Å². The Labute approximate surface area is 245 Å². The zero-order valence-corrected chi connectivity index (χ0v) is 24.0. The molecule has 0 fully saturated rings. The number of rotatable bonds is 13. The second-order valence-corrected chi connectivity index (χ2v) is 11.9. The van der Waals surface area contributed by atoms with Gasteiger partial charge in [0.2, 0.25) is 0 Å². The summed E-state index contributed by atoms with van der Waals surface area (Å²) < 4.78 is 78.9. The van der Waals surface area contributed by atoms with Crippen LogP contribution in [0.3, 0.4) is 0 Å². The molecule has 0 spiro atoms. The van der Waals surface area contributed by atoms with Crippen LogP contribution in [0.15, 0.2) is 84.0 Å². The van der Waals surface area contributed by atoms with E-state index in [4.69, 9.17) is 9.47 Å². The van der Waals surface area contributed by atoms with Crippen molar-refractivity contribution in [1.29, 1.82) is 0 Å². The van der Waals surface area contributed by atoms with E-state index in [0.717, 1.165) is 5.52 Å². The van der Waals surface area contributed by atoms with E-state index in [1.165, 1.54) is 36.4 Å². The Morgan fingerprint density at radius 3 is 2.49 bits per heavy atom. The zero-order valence-electron chi connectivity index (χ0n) is 23.2. The first-order valence-corrected chi connectivity index (χ1v) is 14.5. The number of imidazole rings is 1. The number of halogens is 3. The maximum Gasteiger partial charge on any atom is 0.490 e. The molecule has 4 rings (SSSR count). The van der Waals surface area contributed by atoms with Gasteiger partial charge in [0.25, 0.3) is 16.5 Å². The number of benzene rings is 3. The smallest absolute Gasteiger partial charge is 0.449 e. The van der Waals surface area contributed by atoms with E-state index >= 15 is 0 Å². The lowest BCUT2D eigenvalue weighted by Crippen LogP contribution is -2.43. The van der Waals surface area contributed by atoms with Crippen molar-refractivity contribution < 1.29 is 40.7 Å². The minimum atomic E-state index is -5.22. The Kier molecular flexibility index (Phi) is 9.40. The summed E-state index contributed by atoms with van der Waals surface area (Å²) in [7, 11) is -3.97. The van der Waals surface area contributed by atoms with Crippen molar-refractivity contribution in [1.82, 2.24) is 14.9 Å². The lowest BCUT2D eigenvalue weighted by atomic mass is 9.99. The van der Waals surface area contributed by atoms with Gasteiger partial charge in [-0.3, -0.25) is 9.52 Å². The van der Waals surface area contributed by atoms with Gasteiger partial charge in [0.05, 0.1) is 22.3 Å². The Hall–Kier alpha value is -4.43. The van der Waals surface area contributed by atoms with Crippen LogP contribution in [0.4, 0.5) is 18.9 Å². The normalized spacial score (nSPS) is 13.0. The summed E-state index contributed by atoms with van der Waals surface area (Å²) >= 11 is 0. The predicted molar refractivity (Wildman–Crippen MR) is 152 cm³/mol. The number of fused-ring (bicyclic) bond motifs is 1. The molecular weight excluding hydrogens is 589 g/mol. The summed E-state index contributed by atoms with van der Waals surface area (Å²) in [6.45, 7) is 4.30. The monoisotopic (exact) mass is 618 g/mol. The highest BCUT2D eigenvalue weighted by Crippen LogP contribution is 2.28. The molecule has 10 nitrogen and oxygen atoms in total. The molecule has 3 aromatic carbocycles. The van der Waals surface area contributed by atoms with Gasteiger partial charge in [-0.1, -0.05) is 30.3 Å². The molecule has 1 heterocycles. The topological polar surface area (TPSA) is 129 Å². The van der Waals surface area contributed by atoms with Crippen LogP contribution < -0.4 is 14.8 Å². The quantitative estimate of drug-likeness (QED) is 0.159. The van der Waals surface area contributed by atoms with Gasteiger partial charge in [-0.25, -0.2) is 18.2 Å². The van der Waals surface area contributed by atoms with E-state index in [1.54, 1.807) is 42.7 Å². The lowest BCUT2D eigenvalue weighted by Gasteiger charge is -2.30. The number of esters is 1. The third-order valence-electron chi connectivity index (χ3n) is 6.57. The summed E-state index contributed by atoms with van der Waals surface area (Å²) in [5.41, 5.74) is 1.00. The van der Waals surface area contributed by atoms with Gasteiger partial charge < -0.3 is 19.4 Å². The van der Waals surface area contributed by atoms with E-state index in [-0.39, 0.29) is 22.7 Å². The number of alkyl halides is 3. The van der Waals surface area contributed by atoms with Gasteiger partial charge in [0.1, 0.15) is 11.9 Å². The summed E-state index contributed by atoms with van der Waals surface area (Å²) in [6, 6.07) is 18.2. The lowest BCUT2D eigenvalue weighted by molar-refractivity contribution is -0.205. The number of nitrogens with zero attached hydrogens (tertiary/aromatic N) is 2. The standard InChI is InChI=1S/C29H29F3N4O6S/c1-28(2,13-14-36-18-33-24-16-22(41-19-37)11-12-25(24)36)34-17-26(42-27(38)29(30,31)32)20-7-6-8-21(15-20)35-43(39,40)23-9-4-3-5-10-23/h3-12,15-16,18-19,26,34-35H,13-14,17H2,1-2H3/t26-/m0/s1. The molecule has 0 bridgehead atoms. The van der Waals surface area contributed by atoms with Gasteiger partial charge in [0.15, 0.2) is 0 Å². The SMILES string of the molecule is CC(C)(CCn1cnc2cc(OC=O)ccc21)NC[C@H](OC(=O)C(F)(F)F)c1cccc(NS(=O)(=O)c2ccccc2)c1. The molecular formula is C29H29F3N4O6S. The fourth-order valence-electron chi connectivity index (χ4n) is 4.25. The van der Waals surface area contributed by atoms with Gasteiger partial charge in [-0.15, -0.1) is 0 Å². The Balaban J connectivity index is 1.48. The van der Waals surface area contributed by atoms with Crippen molar-refractivity contribution in [2.24, 2.45) is 0 Å². The molecule has 228 valence electrons. The first-order chi connectivity index (χ1) is 20.3. The molecule has 0 aliphatic heterocycles. The fourth-order valence-corrected chi connectivity index (χ4v) is 5.32. The summed E-state index contributed by atoms with van der Waals surface area (Å²) in [5.74, 6) is -2.01. The van der Waals surface area contributed by atoms with Crippen LogP contribution in [0.1, 0.15) is 31.9 Å². The highest BCUT2D eigenvalue weighted by Gasteiger charge is 2.42. The molecule has 2 N–H and O–H groups in total. The van der Waals surface area contributed by atoms with Gasteiger partial charge in [-0.2, -0.15) is 13.2 Å². The van der Waals surface area contributed by atoms with Crippen molar-refractivity contribution in [2.45, 2.75) is 49.5 Å². The molecule has 43 heavy (non-hydrogen) atoms. The number of aryl methyl sites for hydroxylation is 1. The van der Waals surface area contributed by atoms with E-state index in [1.807, 2.05) is 18.4 Å². The average molecular weight is 619 g/mol. The largest absolute Gasteiger partial charge is 0.490 e. The van der Waals surface area contributed by atoms with E-state index < -0.39 is 33.8 Å². The van der Waals surface area contributed by atoms with Gasteiger partial charge >= 0.3 is 12.1 Å². The van der Waals surface area contributed by atoms with Crippen LogP contribution in [0.2, 0.25) is 0 Å². The molecule has 0 aliphatic carbocycles. The summed E-state index contributed by atoms with van der Waals surface area (Å²) in [5, 5.41) is 3.17. The van der Waals surface area contributed by atoms with Crippen LogP contribution in [-0.4, -0.2) is 48.7 Å². The van der Waals surface area contributed by atoms with Gasteiger partial charge in [0, 0.05) is 30.4 Å². The second-order valence-electron chi connectivity index (χ2n) is 10.3. The first kappa shape index (κ1) is 31.5. The minimum Gasteiger partial charge on any atom is -0.449 e. The van der Waals surface area contributed by atoms with Crippen LogP contribution in [-0.2, 0) is 30.9 Å². The number of carbonyl (C=O) groups is 2. The number of carbonyl (C=O) groups excluding carboxylic acids is 2. The van der Waals surface area contributed by atoms with Crippen molar-refractivity contribution in [3.63, 3.8) is 0 Å². The Bertz CT molecular complexity index is 1690. The molecule has 0 radical (unpaired) electrons. The summed E-state index contributed by atoms with van der Waals surface area (Å²) in [6.07, 6.45) is -4.48. The first-order valence-electron chi connectivity index (χ1n) is 13.0. The van der Waals surface area contributed by atoms with Crippen molar-refractivity contribution in [2.75, 3.05) is 11.3 Å². The number of hydrogen-bond acceptors (Lipinski definition) is 8. The summed E-state index contributed by atoms with van der Waals surface area (Å²) in [4.78, 5) is 26.7. The average Bonchev–Trinajstić information content (AvgIpc) is 3.36. The highest BCUT2D eigenvalue weighted by atomic mass is 32.2. The number of hydrogen-bond donors (Lipinski definition) is 2. The van der Waals surface area contributed by atoms with Crippen LogP contribution in [0, 0.1) is 0 Å². The predicted octanol–water partition coefficient (Wildman–Crippen LogP) is 4.98. The molecule has 1 atom stereocenters. The molecule has 0 saturated heterocycles. The van der Waals surface area contributed by atoms with Crippen LogP contribution in [0.25, 0.3) is 11.0 Å².